The van der Waals surface area contributed by atoms with E-state index in [1.165, 1.54) is 6.07 Å². The number of hydrogen-bond acceptors (Lipinski definition) is 3. The number of benzene rings is 1. The summed E-state index contributed by atoms with van der Waals surface area (Å²) in [7, 11) is 0. The van der Waals surface area contributed by atoms with Crippen LogP contribution in [0.25, 0.3) is 0 Å². The Kier molecular flexibility index (Phi) is 10.1. The standard InChI is InChI=1S/C22H28F3N3O2.HI/c1-2-29-16-18-9-11-28(15-18)21(26-10-8-20-7-4-12-30-20)27-14-17-5-3-6-19(13-17)22(23,24)25;/h3-7,12-13,18H,2,8-11,14-16H2,1H3,(H,26,27);1H. The van der Waals surface area contributed by atoms with Crippen molar-refractivity contribution in [3.05, 3.63) is 59.5 Å². The molecule has 1 aromatic carbocycles. The van der Waals surface area contributed by atoms with Crippen LogP contribution in [0.15, 0.2) is 52.1 Å². The van der Waals surface area contributed by atoms with Gasteiger partial charge in [-0.15, -0.1) is 24.0 Å². The second-order valence-corrected chi connectivity index (χ2v) is 7.35. The molecule has 172 valence electrons. The first-order valence-electron chi connectivity index (χ1n) is 10.2. The van der Waals surface area contributed by atoms with Gasteiger partial charge in [0.1, 0.15) is 5.76 Å². The molecule has 0 aliphatic carbocycles. The van der Waals surface area contributed by atoms with Crippen LogP contribution in [-0.4, -0.2) is 43.7 Å². The van der Waals surface area contributed by atoms with Crippen LogP contribution in [0.4, 0.5) is 13.2 Å². The number of nitrogens with zero attached hydrogens (tertiary/aromatic N) is 2. The number of halogens is 4. The third-order valence-electron chi connectivity index (χ3n) is 5.04. The first-order chi connectivity index (χ1) is 14.5. The van der Waals surface area contributed by atoms with Crippen LogP contribution in [0.1, 0.15) is 30.2 Å². The fourth-order valence-electron chi connectivity index (χ4n) is 3.48. The minimum atomic E-state index is -4.36. The van der Waals surface area contributed by atoms with Gasteiger partial charge in [-0.2, -0.15) is 13.2 Å². The molecule has 1 aliphatic rings. The highest BCUT2D eigenvalue weighted by Gasteiger charge is 2.30. The summed E-state index contributed by atoms with van der Waals surface area (Å²) >= 11 is 0. The van der Waals surface area contributed by atoms with E-state index >= 15 is 0 Å². The number of guanidine groups is 1. The van der Waals surface area contributed by atoms with Crippen molar-refractivity contribution in [2.24, 2.45) is 10.9 Å². The number of alkyl halides is 3. The number of ether oxygens (including phenoxy) is 1. The summed E-state index contributed by atoms with van der Waals surface area (Å²) in [6.45, 7) is 5.84. The molecule has 0 saturated carbocycles. The van der Waals surface area contributed by atoms with E-state index in [0.29, 0.717) is 43.6 Å². The number of furan rings is 1. The van der Waals surface area contributed by atoms with Crippen LogP contribution in [-0.2, 0) is 23.9 Å². The molecule has 1 fully saturated rings. The lowest BCUT2D eigenvalue weighted by atomic mass is 10.1. The van der Waals surface area contributed by atoms with Crippen LogP contribution in [0.5, 0.6) is 0 Å². The van der Waals surface area contributed by atoms with E-state index < -0.39 is 11.7 Å². The first-order valence-corrected chi connectivity index (χ1v) is 10.2. The number of likely N-dealkylation sites (tertiary alicyclic amines) is 1. The zero-order valence-corrected chi connectivity index (χ0v) is 19.9. The van der Waals surface area contributed by atoms with Crippen molar-refractivity contribution in [2.45, 2.75) is 32.5 Å². The Labute approximate surface area is 198 Å². The molecular formula is C22H29F3IN3O2. The highest BCUT2D eigenvalue weighted by molar-refractivity contribution is 14.0. The third-order valence-corrected chi connectivity index (χ3v) is 5.04. The predicted molar refractivity (Wildman–Crippen MR) is 125 cm³/mol. The Balaban J connectivity index is 0.00000341. The summed E-state index contributed by atoms with van der Waals surface area (Å²) in [6, 6.07) is 9.08. The Hall–Kier alpha value is -1.75. The van der Waals surface area contributed by atoms with Gasteiger partial charge in [0.15, 0.2) is 5.96 Å². The SMILES string of the molecule is CCOCC1CCN(C(=NCc2cccc(C(F)(F)F)c2)NCCc2ccco2)C1.I. The van der Waals surface area contributed by atoms with Gasteiger partial charge in [0.25, 0.3) is 0 Å². The maximum absolute atomic E-state index is 13.0. The maximum atomic E-state index is 13.0. The molecular weight excluding hydrogens is 522 g/mol. The fraction of sp³-hybridized carbons (Fsp3) is 0.500. The van der Waals surface area contributed by atoms with Crippen molar-refractivity contribution in [3.63, 3.8) is 0 Å². The molecule has 1 unspecified atom stereocenters. The van der Waals surface area contributed by atoms with Gasteiger partial charge in [0.2, 0.25) is 0 Å². The van der Waals surface area contributed by atoms with Gasteiger partial charge < -0.3 is 19.4 Å². The van der Waals surface area contributed by atoms with Gasteiger partial charge in [-0.25, -0.2) is 4.99 Å². The lowest BCUT2D eigenvalue weighted by Crippen LogP contribution is -2.41. The minimum Gasteiger partial charge on any atom is -0.469 e. The van der Waals surface area contributed by atoms with E-state index in [2.05, 4.69) is 15.2 Å². The van der Waals surface area contributed by atoms with Crippen molar-refractivity contribution in [1.29, 1.82) is 0 Å². The third kappa shape index (κ3) is 8.03. The smallest absolute Gasteiger partial charge is 0.416 e. The van der Waals surface area contributed by atoms with E-state index in [9.17, 15) is 13.2 Å². The van der Waals surface area contributed by atoms with Crippen molar-refractivity contribution in [1.82, 2.24) is 10.2 Å². The Morgan fingerprint density at radius 2 is 2.13 bits per heavy atom. The summed E-state index contributed by atoms with van der Waals surface area (Å²) in [5.41, 5.74) is -0.124. The molecule has 1 N–H and O–H groups in total. The molecule has 1 aromatic heterocycles. The summed E-state index contributed by atoms with van der Waals surface area (Å²) < 4.78 is 49.8. The lowest BCUT2D eigenvalue weighted by molar-refractivity contribution is -0.137. The fourth-order valence-corrected chi connectivity index (χ4v) is 3.48. The first kappa shape index (κ1) is 25.5. The van der Waals surface area contributed by atoms with E-state index in [-0.39, 0.29) is 30.5 Å². The molecule has 0 amide bonds. The van der Waals surface area contributed by atoms with Gasteiger partial charge in [-0.05, 0) is 43.2 Å². The highest BCUT2D eigenvalue weighted by atomic mass is 127. The normalized spacial score (nSPS) is 17.0. The number of aliphatic imine (C=N–C) groups is 1. The molecule has 0 radical (unpaired) electrons. The van der Waals surface area contributed by atoms with Crippen molar-refractivity contribution in [2.75, 3.05) is 32.8 Å². The van der Waals surface area contributed by atoms with Gasteiger partial charge in [-0.1, -0.05) is 12.1 Å². The van der Waals surface area contributed by atoms with Crippen LogP contribution in [0.3, 0.4) is 0 Å². The van der Waals surface area contributed by atoms with E-state index in [1.54, 1.807) is 12.3 Å². The van der Waals surface area contributed by atoms with Crippen molar-refractivity contribution in [3.8, 4) is 0 Å². The summed E-state index contributed by atoms with van der Waals surface area (Å²) in [5.74, 6) is 2.00. The Bertz CT molecular complexity index is 813. The summed E-state index contributed by atoms with van der Waals surface area (Å²) in [6.07, 6.45) is -1.02. The van der Waals surface area contributed by atoms with Crippen molar-refractivity contribution >= 4 is 29.9 Å². The molecule has 0 bridgehead atoms. The average molecular weight is 551 g/mol. The molecule has 2 aromatic rings. The molecule has 9 heteroatoms. The molecule has 5 nitrogen and oxygen atoms in total. The zero-order valence-electron chi connectivity index (χ0n) is 17.5. The minimum absolute atomic E-state index is 0. The van der Waals surface area contributed by atoms with Gasteiger partial charge in [0.05, 0.1) is 25.0 Å². The quantitative estimate of drug-likeness (QED) is 0.286. The number of nitrogens with one attached hydrogen (secondary N) is 1. The second-order valence-electron chi connectivity index (χ2n) is 7.35. The van der Waals surface area contributed by atoms with E-state index in [4.69, 9.17) is 9.15 Å². The average Bonchev–Trinajstić information content (AvgIpc) is 3.40. The zero-order chi connectivity index (χ0) is 21.4. The van der Waals surface area contributed by atoms with Crippen LogP contribution in [0, 0.1) is 5.92 Å². The maximum Gasteiger partial charge on any atom is 0.416 e. The molecule has 31 heavy (non-hydrogen) atoms. The largest absolute Gasteiger partial charge is 0.469 e. The number of rotatable bonds is 8. The summed E-state index contributed by atoms with van der Waals surface area (Å²) in [4.78, 5) is 6.78. The Morgan fingerprint density at radius 3 is 2.84 bits per heavy atom. The predicted octanol–water partition coefficient (Wildman–Crippen LogP) is 4.96. The van der Waals surface area contributed by atoms with Gasteiger partial charge >= 0.3 is 6.18 Å². The van der Waals surface area contributed by atoms with Gasteiger partial charge in [-0.3, -0.25) is 0 Å². The topological polar surface area (TPSA) is 50.0 Å². The monoisotopic (exact) mass is 551 g/mol. The van der Waals surface area contributed by atoms with E-state index in [1.807, 2.05) is 19.1 Å². The van der Waals surface area contributed by atoms with Crippen LogP contribution >= 0.6 is 24.0 Å². The van der Waals surface area contributed by atoms with Gasteiger partial charge in [0, 0.05) is 38.6 Å². The van der Waals surface area contributed by atoms with Crippen LogP contribution in [0.2, 0.25) is 0 Å². The summed E-state index contributed by atoms with van der Waals surface area (Å²) in [5, 5.41) is 3.34. The molecule has 3 rings (SSSR count). The lowest BCUT2D eigenvalue weighted by Gasteiger charge is -2.22. The molecule has 2 heterocycles. The molecule has 0 spiro atoms. The molecule has 1 aliphatic heterocycles. The van der Waals surface area contributed by atoms with Crippen LogP contribution < -0.4 is 5.32 Å². The molecule has 1 saturated heterocycles. The number of hydrogen-bond donors (Lipinski definition) is 1. The highest BCUT2D eigenvalue weighted by Crippen LogP contribution is 2.29. The second kappa shape index (κ2) is 12.3. The van der Waals surface area contributed by atoms with E-state index in [0.717, 1.165) is 37.4 Å². The molecule has 1 atom stereocenters. The Morgan fingerprint density at radius 1 is 1.29 bits per heavy atom. The van der Waals surface area contributed by atoms with Crippen molar-refractivity contribution < 1.29 is 22.3 Å².